The van der Waals surface area contributed by atoms with Crippen molar-refractivity contribution in [3.63, 3.8) is 0 Å². The van der Waals surface area contributed by atoms with Crippen molar-refractivity contribution >= 4 is 0 Å². The molecular formula is C14H19NO2. The Bertz CT molecular complexity index is 426. The molecule has 3 N–H and O–H groups in total. The molecule has 1 atom stereocenters. The van der Waals surface area contributed by atoms with Gasteiger partial charge in [0.25, 0.3) is 0 Å². The zero-order chi connectivity index (χ0) is 11.8. The van der Waals surface area contributed by atoms with Crippen molar-refractivity contribution in [1.29, 1.82) is 0 Å². The number of aromatic hydroxyl groups is 2. The van der Waals surface area contributed by atoms with Gasteiger partial charge in [-0.1, -0.05) is 12.5 Å². The SMILES string of the molecule is Oc1ccc2c(c1O)CCC(NC1CCC1)C2. The van der Waals surface area contributed by atoms with Crippen LogP contribution in [0.3, 0.4) is 0 Å². The number of rotatable bonds is 2. The molecule has 3 rings (SSSR count). The molecule has 0 aliphatic heterocycles. The third-order valence-electron chi connectivity index (χ3n) is 4.14. The number of nitrogens with one attached hydrogen (secondary N) is 1. The van der Waals surface area contributed by atoms with Crippen molar-refractivity contribution in [3.8, 4) is 11.5 Å². The van der Waals surface area contributed by atoms with Crippen LogP contribution >= 0.6 is 0 Å². The maximum Gasteiger partial charge on any atom is 0.160 e. The van der Waals surface area contributed by atoms with Crippen molar-refractivity contribution in [2.75, 3.05) is 0 Å². The lowest BCUT2D eigenvalue weighted by Crippen LogP contribution is -2.44. The van der Waals surface area contributed by atoms with Gasteiger partial charge in [0.05, 0.1) is 0 Å². The van der Waals surface area contributed by atoms with Gasteiger partial charge in [-0.25, -0.2) is 0 Å². The Morgan fingerprint density at radius 1 is 1.06 bits per heavy atom. The van der Waals surface area contributed by atoms with Crippen LogP contribution in [-0.4, -0.2) is 22.3 Å². The minimum atomic E-state index is 0.00847. The fourth-order valence-corrected chi connectivity index (χ4v) is 2.87. The molecule has 92 valence electrons. The van der Waals surface area contributed by atoms with Gasteiger partial charge in [-0.2, -0.15) is 0 Å². The Morgan fingerprint density at radius 3 is 2.59 bits per heavy atom. The molecule has 1 fully saturated rings. The molecule has 1 aromatic rings. The molecular weight excluding hydrogens is 214 g/mol. The highest BCUT2D eigenvalue weighted by Gasteiger charge is 2.26. The van der Waals surface area contributed by atoms with Crippen LogP contribution in [0.25, 0.3) is 0 Å². The van der Waals surface area contributed by atoms with Gasteiger partial charge in [0.1, 0.15) is 0 Å². The van der Waals surface area contributed by atoms with Crippen molar-refractivity contribution in [1.82, 2.24) is 5.32 Å². The van der Waals surface area contributed by atoms with E-state index in [1.165, 1.54) is 24.8 Å². The molecule has 0 saturated heterocycles. The molecule has 0 bridgehead atoms. The normalized spacial score (nSPS) is 24.1. The van der Waals surface area contributed by atoms with E-state index in [0.29, 0.717) is 12.1 Å². The van der Waals surface area contributed by atoms with Gasteiger partial charge < -0.3 is 15.5 Å². The Kier molecular flexibility index (Phi) is 2.71. The molecule has 2 aliphatic rings. The van der Waals surface area contributed by atoms with Gasteiger partial charge in [-0.15, -0.1) is 0 Å². The molecule has 1 saturated carbocycles. The standard InChI is InChI=1S/C14H19NO2/c16-13-7-4-9-8-11(15-10-2-1-3-10)5-6-12(9)14(13)17/h4,7,10-11,15-17H,1-3,5-6,8H2. The van der Waals surface area contributed by atoms with Crippen LogP contribution in [0.5, 0.6) is 11.5 Å². The average molecular weight is 233 g/mol. The van der Waals surface area contributed by atoms with Gasteiger partial charge in [0.15, 0.2) is 11.5 Å². The highest BCUT2D eigenvalue weighted by atomic mass is 16.3. The zero-order valence-electron chi connectivity index (χ0n) is 9.95. The number of benzene rings is 1. The summed E-state index contributed by atoms with van der Waals surface area (Å²) in [6.45, 7) is 0. The molecule has 0 spiro atoms. The highest BCUT2D eigenvalue weighted by molar-refractivity contribution is 5.50. The van der Waals surface area contributed by atoms with E-state index in [4.69, 9.17) is 0 Å². The first-order chi connectivity index (χ1) is 8.24. The Morgan fingerprint density at radius 2 is 1.88 bits per heavy atom. The second-order valence-electron chi connectivity index (χ2n) is 5.31. The molecule has 2 aliphatic carbocycles. The topological polar surface area (TPSA) is 52.5 Å². The van der Waals surface area contributed by atoms with E-state index < -0.39 is 0 Å². The largest absolute Gasteiger partial charge is 0.504 e. The van der Waals surface area contributed by atoms with E-state index in [0.717, 1.165) is 24.8 Å². The summed E-state index contributed by atoms with van der Waals surface area (Å²) in [5, 5.41) is 23.0. The van der Waals surface area contributed by atoms with Gasteiger partial charge in [-0.05, 0) is 43.7 Å². The first-order valence-corrected chi connectivity index (χ1v) is 6.53. The van der Waals surface area contributed by atoms with Crippen LogP contribution in [0.2, 0.25) is 0 Å². The summed E-state index contributed by atoms with van der Waals surface area (Å²) in [5.41, 5.74) is 2.13. The predicted molar refractivity (Wildman–Crippen MR) is 66.4 cm³/mol. The molecule has 3 heteroatoms. The van der Waals surface area contributed by atoms with Crippen molar-refractivity contribution in [2.45, 2.75) is 50.6 Å². The molecule has 1 unspecified atom stereocenters. The van der Waals surface area contributed by atoms with Gasteiger partial charge in [-0.3, -0.25) is 0 Å². The minimum Gasteiger partial charge on any atom is -0.504 e. The maximum atomic E-state index is 9.80. The molecule has 3 nitrogen and oxygen atoms in total. The predicted octanol–water partition coefficient (Wildman–Crippen LogP) is 2.10. The molecule has 1 aromatic carbocycles. The fraction of sp³-hybridized carbons (Fsp3) is 0.571. The summed E-state index contributed by atoms with van der Waals surface area (Å²) >= 11 is 0. The zero-order valence-corrected chi connectivity index (χ0v) is 9.95. The van der Waals surface area contributed by atoms with Gasteiger partial charge in [0, 0.05) is 17.6 Å². The van der Waals surface area contributed by atoms with E-state index in [2.05, 4.69) is 5.32 Å². The number of fused-ring (bicyclic) bond motifs is 1. The first kappa shape index (κ1) is 10.9. The van der Waals surface area contributed by atoms with Crippen LogP contribution in [0.1, 0.15) is 36.8 Å². The van der Waals surface area contributed by atoms with E-state index in [1.54, 1.807) is 6.07 Å². The van der Waals surface area contributed by atoms with Crippen molar-refractivity contribution in [2.24, 2.45) is 0 Å². The van der Waals surface area contributed by atoms with Gasteiger partial charge >= 0.3 is 0 Å². The lowest BCUT2D eigenvalue weighted by atomic mass is 9.85. The van der Waals surface area contributed by atoms with Gasteiger partial charge in [0.2, 0.25) is 0 Å². The van der Waals surface area contributed by atoms with Crippen LogP contribution < -0.4 is 5.32 Å². The van der Waals surface area contributed by atoms with Crippen molar-refractivity contribution < 1.29 is 10.2 Å². The molecule has 0 radical (unpaired) electrons. The number of phenols is 2. The Labute approximate surface area is 101 Å². The summed E-state index contributed by atoms with van der Waals surface area (Å²) in [6, 6.07) is 4.79. The molecule has 0 amide bonds. The lowest BCUT2D eigenvalue weighted by molar-refractivity contribution is 0.288. The third-order valence-corrected chi connectivity index (χ3v) is 4.14. The minimum absolute atomic E-state index is 0.00847. The summed E-state index contributed by atoms with van der Waals surface area (Å²) in [4.78, 5) is 0. The second-order valence-corrected chi connectivity index (χ2v) is 5.31. The molecule has 0 heterocycles. The monoisotopic (exact) mass is 233 g/mol. The summed E-state index contributed by atoms with van der Waals surface area (Å²) in [5.74, 6) is 0.0961. The lowest BCUT2D eigenvalue weighted by Gasteiger charge is -2.34. The first-order valence-electron chi connectivity index (χ1n) is 6.53. The van der Waals surface area contributed by atoms with Crippen LogP contribution in [0.15, 0.2) is 12.1 Å². The smallest absolute Gasteiger partial charge is 0.160 e. The second kappa shape index (κ2) is 4.22. The Hall–Kier alpha value is -1.22. The average Bonchev–Trinajstić information content (AvgIpc) is 2.29. The van der Waals surface area contributed by atoms with Crippen LogP contribution in [-0.2, 0) is 12.8 Å². The van der Waals surface area contributed by atoms with E-state index in [-0.39, 0.29) is 11.5 Å². The molecule has 17 heavy (non-hydrogen) atoms. The number of hydrogen-bond acceptors (Lipinski definition) is 3. The maximum absolute atomic E-state index is 9.80. The van der Waals surface area contributed by atoms with Crippen molar-refractivity contribution in [3.05, 3.63) is 23.3 Å². The van der Waals surface area contributed by atoms with E-state index in [9.17, 15) is 10.2 Å². The van der Waals surface area contributed by atoms with Crippen LogP contribution in [0.4, 0.5) is 0 Å². The summed E-state index contributed by atoms with van der Waals surface area (Å²) < 4.78 is 0. The highest BCUT2D eigenvalue weighted by Crippen LogP contribution is 2.36. The summed E-state index contributed by atoms with van der Waals surface area (Å²) in [6.07, 6.45) is 6.87. The summed E-state index contributed by atoms with van der Waals surface area (Å²) in [7, 11) is 0. The molecule has 0 aromatic heterocycles. The number of phenolic OH excluding ortho intramolecular Hbond substituents is 2. The fourth-order valence-electron chi connectivity index (χ4n) is 2.87. The third kappa shape index (κ3) is 2.00. The number of hydrogen-bond donors (Lipinski definition) is 3. The van der Waals surface area contributed by atoms with E-state index >= 15 is 0 Å². The van der Waals surface area contributed by atoms with E-state index in [1.807, 2.05) is 6.07 Å². The van der Waals surface area contributed by atoms with Crippen LogP contribution in [0, 0.1) is 0 Å². The quantitative estimate of drug-likeness (QED) is 0.686. The Balaban J connectivity index is 1.74.